The predicted molar refractivity (Wildman–Crippen MR) is 44.2 cm³/mol. The quantitative estimate of drug-likeness (QED) is 0.659. The molecule has 0 radical (unpaired) electrons. The van der Waals surface area contributed by atoms with Gasteiger partial charge in [-0.15, -0.1) is 3.89 Å². The normalized spacial score (nSPS) is 11.7. The van der Waals surface area contributed by atoms with Crippen molar-refractivity contribution in [2.75, 3.05) is 0 Å². The lowest BCUT2D eigenvalue weighted by Crippen LogP contribution is -2.00. The van der Waals surface area contributed by atoms with E-state index in [0.29, 0.717) is 0 Å². The molecular formula is C8H8F2O2S. The maximum Gasteiger partial charge on any atom is 0.332 e. The SMILES string of the molecule is Cc1cc(F)cc(C)c1S(=O)(=O)F. The predicted octanol–water partition coefficient (Wildman–Crippen LogP) is 2.10. The molecule has 0 saturated heterocycles. The molecule has 0 aliphatic rings. The van der Waals surface area contributed by atoms with Gasteiger partial charge in [0.05, 0.1) is 0 Å². The lowest BCUT2D eigenvalue weighted by Gasteiger charge is -2.04. The first kappa shape index (κ1) is 10.1. The number of aryl methyl sites for hydroxylation is 2. The summed E-state index contributed by atoms with van der Waals surface area (Å²) >= 11 is 0. The van der Waals surface area contributed by atoms with E-state index < -0.39 is 20.9 Å². The highest BCUT2D eigenvalue weighted by molar-refractivity contribution is 7.86. The van der Waals surface area contributed by atoms with E-state index in [9.17, 15) is 16.7 Å². The summed E-state index contributed by atoms with van der Waals surface area (Å²) < 4.78 is 46.5. The second kappa shape index (κ2) is 3.06. The van der Waals surface area contributed by atoms with Crippen LogP contribution in [0, 0.1) is 19.7 Å². The van der Waals surface area contributed by atoms with Crippen molar-refractivity contribution < 1.29 is 16.7 Å². The molecule has 1 aromatic rings. The lowest BCUT2D eigenvalue weighted by molar-refractivity contribution is 0.549. The molecule has 2 nitrogen and oxygen atoms in total. The topological polar surface area (TPSA) is 34.1 Å². The van der Waals surface area contributed by atoms with E-state index in [1.54, 1.807) is 0 Å². The highest BCUT2D eigenvalue weighted by atomic mass is 32.3. The van der Waals surface area contributed by atoms with Gasteiger partial charge in [-0.25, -0.2) is 4.39 Å². The first-order valence-corrected chi connectivity index (χ1v) is 4.92. The Balaban J connectivity index is 3.57. The molecule has 0 heterocycles. The zero-order valence-corrected chi connectivity index (χ0v) is 7.95. The molecule has 5 heteroatoms. The average Bonchev–Trinajstić information content (AvgIpc) is 1.78. The molecule has 72 valence electrons. The van der Waals surface area contributed by atoms with Gasteiger partial charge in [0.15, 0.2) is 0 Å². The third-order valence-electron chi connectivity index (χ3n) is 1.67. The lowest BCUT2D eigenvalue weighted by atomic mass is 10.1. The molecule has 0 aliphatic heterocycles. The van der Waals surface area contributed by atoms with Crippen molar-refractivity contribution >= 4 is 10.2 Å². The van der Waals surface area contributed by atoms with Crippen LogP contribution in [0.4, 0.5) is 8.28 Å². The number of hydrogen-bond donors (Lipinski definition) is 0. The van der Waals surface area contributed by atoms with Gasteiger partial charge >= 0.3 is 10.2 Å². The summed E-state index contributed by atoms with van der Waals surface area (Å²) in [6, 6.07) is 1.97. The summed E-state index contributed by atoms with van der Waals surface area (Å²) in [4.78, 5) is -0.436. The molecule has 0 aromatic heterocycles. The molecule has 0 unspecified atom stereocenters. The zero-order chi connectivity index (χ0) is 10.2. The molecule has 0 atom stereocenters. The first-order chi connectivity index (χ1) is 5.82. The van der Waals surface area contributed by atoms with Gasteiger partial charge in [-0.2, -0.15) is 8.42 Å². The van der Waals surface area contributed by atoms with Gasteiger partial charge in [-0.1, -0.05) is 0 Å². The molecule has 13 heavy (non-hydrogen) atoms. The third kappa shape index (κ3) is 2.03. The molecule has 0 amide bonds. The van der Waals surface area contributed by atoms with Crippen molar-refractivity contribution in [2.24, 2.45) is 0 Å². The number of hydrogen-bond acceptors (Lipinski definition) is 2. The minimum Gasteiger partial charge on any atom is -0.207 e. The minimum absolute atomic E-state index is 0.0833. The minimum atomic E-state index is -4.75. The Kier molecular flexibility index (Phi) is 2.38. The molecule has 0 saturated carbocycles. The molecular weight excluding hydrogens is 198 g/mol. The second-order valence-electron chi connectivity index (χ2n) is 2.81. The van der Waals surface area contributed by atoms with E-state index in [1.807, 2.05) is 0 Å². The third-order valence-corrected chi connectivity index (χ3v) is 2.80. The van der Waals surface area contributed by atoms with Crippen LogP contribution in [-0.4, -0.2) is 8.42 Å². The van der Waals surface area contributed by atoms with Gasteiger partial charge in [-0.05, 0) is 37.1 Å². The van der Waals surface area contributed by atoms with Crippen LogP contribution in [0.2, 0.25) is 0 Å². The fourth-order valence-electron chi connectivity index (χ4n) is 1.28. The van der Waals surface area contributed by atoms with Crippen LogP contribution >= 0.6 is 0 Å². The van der Waals surface area contributed by atoms with Crippen molar-refractivity contribution in [3.63, 3.8) is 0 Å². The van der Waals surface area contributed by atoms with E-state index in [-0.39, 0.29) is 11.1 Å². The summed E-state index contributed by atoms with van der Waals surface area (Å²) in [5.74, 6) is -0.567. The summed E-state index contributed by atoms with van der Waals surface area (Å²) in [6.07, 6.45) is 0. The van der Waals surface area contributed by atoms with Gasteiger partial charge in [0.1, 0.15) is 10.7 Å². The fourth-order valence-corrected chi connectivity index (χ4v) is 2.17. The van der Waals surface area contributed by atoms with Crippen LogP contribution in [-0.2, 0) is 10.2 Å². The van der Waals surface area contributed by atoms with E-state index >= 15 is 0 Å². The summed E-state index contributed by atoms with van der Waals surface area (Å²) in [6.45, 7) is 2.70. The Labute approximate surface area is 75.4 Å². The smallest absolute Gasteiger partial charge is 0.207 e. The van der Waals surface area contributed by atoms with Gasteiger partial charge in [-0.3, -0.25) is 0 Å². The van der Waals surface area contributed by atoms with Crippen LogP contribution in [0.5, 0.6) is 0 Å². The number of benzene rings is 1. The molecule has 1 aromatic carbocycles. The van der Waals surface area contributed by atoms with Crippen molar-refractivity contribution in [2.45, 2.75) is 18.7 Å². The van der Waals surface area contributed by atoms with E-state index in [2.05, 4.69) is 0 Å². The van der Waals surface area contributed by atoms with Crippen LogP contribution in [0.25, 0.3) is 0 Å². The van der Waals surface area contributed by atoms with Crippen LogP contribution in [0.1, 0.15) is 11.1 Å². The van der Waals surface area contributed by atoms with E-state index in [0.717, 1.165) is 12.1 Å². The van der Waals surface area contributed by atoms with Crippen LogP contribution < -0.4 is 0 Å². The standard InChI is InChI=1S/C8H8F2O2S/c1-5-3-7(9)4-6(2)8(5)13(10,11)12/h3-4H,1-2H3. The Morgan fingerprint density at radius 3 is 1.85 bits per heavy atom. The van der Waals surface area contributed by atoms with Gasteiger partial charge in [0, 0.05) is 0 Å². The summed E-state index contributed by atoms with van der Waals surface area (Å²) in [5, 5.41) is 0. The molecule has 0 bridgehead atoms. The maximum absolute atomic E-state index is 12.7. The molecule has 1 rings (SSSR count). The fraction of sp³-hybridized carbons (Fsp3) is 0.250. The Morgan fingerprint density at radius 2 is 1.54 bits per heavy atom. The zero-order valence-electron chi connectivity index (χ0n) is 7.14. The summed E-state index contributed by atoms with van der Waals surface area (Å²) in [5.41, 5.74) is 0.167. The highest BCUT2D eigenvalue weighted by Gasteiger charge is 2.18. The maximum atomic E-state index is 12.7. The summed E-state index contributed by atoms with van der Waals surface area (Å²) in [7, 11) is -4.75. The van der Waals surface area contributed by atoms with E-state index in [4.69, 9.17) is 0 Å². The van der Waals surface area contributed by atoms with Crippen LogP contribution in [0.15, 0.2) is 17.0 Å². The van der Waals surface area contributed by atoms with Crippen molar-refractivity contribution in [3.8, 4) is 0 Å². The first-order valence-electron chi connectivity index (χ1n) is 3.54. The largest absolute Gasteiger partial charge is 0.332 e. The Hall–Kier alpha value is -0.970. The number of rotatable bonds is 1. The second-order valence-corrected chi connectivity index (χ2v) is 4.09. The van der Waals surface area contributed by atoms with Gasteiger partial charge < -0.3 is 0 Å². The average molecular weight is 206 g/mol. The molecule has 0 fully saturated rings. The molecule has 0 aliphatic carbocycles. The van der Waals surface area contributed by atoms with Gasteiger partial charge in [0.2, 0.25) is 0 Å². The highest BCUT2D eigenvalue weighted by Crippen LogP contribution is 2.22. The van der Waals surface area contributed by atoms with E-state index in [1.165, 1.54) is 13.8 Å². The van der Waals surface area contributed by atoms with Crippen LogP contribution in [0.3, 0.4) is 0 Å². The van der Waals surface area contributed by atoms with Gasteiger partial charge in [0.25, 0.3) is 0 Å². The molecule has 0 N–H and O–H groups in total. The molecule has 0 spiro atoms. The number of halogens is 2. The van der Waals surface area contributed by atoms with Crippen molar-refractivity contribution in [1.82, 2.24) is 0 Å². The Bertz CT molecular complexity index is 414. The Morgan fingerprint density at radius 1 is 1.15 bits per heavy atom. The van der Waals surface area contributed by atoms with Crippen molar-refractivity contribution in [1.29, 1.82) is 0 Å². The van der Waals surface area contributed by atoms with Crippen molar-refractivity contribution in [3.05, 3.63) is 29.1 Å². The monoisotopic (exact) mass is 206 g/mol.